The van der Waals surface area contributed by atoms with Gasteiger partial charge in [0.05, 0.1) is 12.7 Å². The van der Waals surface area contributed by atoms with Crippen molar-refractivity contribution in [3.05, 3.63) is 22.2 Å². The molecule has 1 aromatic heterocycles. The number of aryl methyl sites for hydroxylation is 1. The van der Waals surface area contributed by atoms with Gasteiger partial charge in [-0.15, -0.1) is 0 Å². The molecule has 0 aliphatic carbocycles. The maximum absolute atomic E-state index is 12.1. The molecular formula is C11H17N3O8P2S2-2. The van der Waals surface area contributed by atoms with Crippen LogP contribution in [0.4, 0.5) is 5.82 Å². The number of ether oxygens (including phenoxy) is 1. The number of anilines is 1. The van der Waals surface area contributed by atoms with E-state index < -0.39 is 44.2 Å². The highest BCUT2D eigenvalue weighted by molar-refractivity contribution is 8.32. The third-order valence-corrected chi connectivity index (χ3v) is 6.03. The molecule has 1 aromatic rings. The zero-order valence-electron chi connectivity index (χ0n) is 13.7. The average Bonchev–Trinajstić information content (AvgIpc) is 2.90. The van der Waals surface area contributed by atoms with E-state index in [-0.39, 0.29) is 12.2 Å². The van der Waals surface area contributed by atoms with Crippen LogP contribution in [0.1, 0.15) is 18.2 Å². The Kier molecular flexibility index (Phi) is 7.06. The molecule has 0 spiro atoms. The van der Waals surface area contributed by atoms with Crippen molar-refractivity contribution in [1.82, 2.24) is 9.55 Å². The Morgan fingerprint density at radius 2 is 2.31 bits per heavy atom. The van der Waals surface area contributed by atoms with E-state index in [9.17, 15) is 14.3 Å². The predicted octanol–water partition coefficient (Wildman–Crippen LogP) is -0.298. The van der Waals surface area contributed by atoms with Crippen molar-refractivity contribution in [2.24, 2.45) is 0 Å². The van der Waals surface area contributed by atoms with Crippen LogP contribution in [0.2, 0.25) is 0 Å². The smallest absolute Gasteiger partial charge is 0.351 e. The lowest BCUT2D eigenvalue weighted by Gasteiger charge is -2.29. The van der Waals surface area contributed by atoms with Gasteiger partial charge in [0, 0.05) is 25.3 Å². The lowest BCUT2D eigenvalue weighted by atomic mass is 10.2. The number of hydrogen-bond acceptors (Lipinski definition) is 11. The molecule has 2 rings (SSSR count). The minimum atomic E-state index is -4.19. The second-order valence-electron chi connectivity index (χ2n) is 5.40. The molecule has 15 heteroatoms. The number of aromatic nitrogens is 2. The van der Waals surface area contributed by atoms with Gasteiger partial charge in [0.2, 0.25) is 0 Å². The molecule has 148 valence electrons. The summed E-state index contributed by atoms with van der Waals surface area (Å²) in [5, 5.41) is 0. The molecule has 11 nitrogen and oxygen atoms in total. The molecule has 1 aliphatic heterocycles. The second kappa shape index (κ2) is 8.36. The van der Waals surface area contributed by atoms with Gasteiger partial charge in [0.1, 0.15) is 24.9 Å². The maximum atomic E-state index is 12.1. The monoisotopic (exact) mass is 445 g/mol. The van der Waals surface area contributed by atoms with Crippen LogP contribution in [0.3, 0.4) is 0 Å². The van der Waals surface area contributed by atoms with Crippen LogP contribution in [0.25, 0.3) is 0 Å². The van der Waals surface area contributed by atoms with E-state index in [0.29, 0.717) is 5.56 Å². The van der Waals surface area contributed by atoms with E-state index >= 15 is 0 Å². The van der Waals surface area contributed by atoms with Gasteiger partial charge in [0.15, 0.2) is 6.80 Å². The molecule has 26 heavy (non-hydrogen) atoms. The van der Waals surface area contributed by atoms with Gasteiger partial charge in [-0.05, 0) is 6.92 Å². The highest BCUT2D eigenvalue weighted by Gasteiger charge is 2.39. The summed E-state index contributed by atoms with van der Waals surface area (Å²) in [7, 11) is 1.12. The normalized spacial score (nSPS) is 27.8. The summed E-state index contributed by atoms with van der Waals surface area (Å²) in [6, 6.07) is 0. The molecule has 2 unspecified atom stereocenters. The second-order valence-corrected chi connectivity index (χ2v) is 10.8. The van der Waals surface area contributed by atoms with Crippen LogP contribution >= 0.6 is 13.5 Å². The van der Waals surface area contributed by atoms with E-state index in [1.807, 2.05) is 0 Å². The molecular weight excluding hydrogens is 428 g/mol. The molecule has 1 aliphatic rings. The number of nitrogens with two attached hydrogens (primary N) is 1. The topological polar surface area (TPSA) is 158 Å². The summed E-state index contributed by atoms with van der Waals surface area (Å²) in [6.45, 7) is -6.78. The Balaban J connectivity index is 2.26. The quantitative estimate of drug-likeness (QED) is 0.418. The maximum Gasteiger partial charge on any atom is 0.351 e. The third-order valence-electron chi connectivity index (χ3n) is 3.55. The zero-order chi connectivity index (χ0) is 19.7. The van der Waals surface area contributed by atoms with Crippen LogP contribution in [-0.2, 0) is 46.9 Å². The molecule has 3 N–H and O–H groups in total. The standard InChI is InChI=1S/C11H19N3O8P2S2/c1-6-4-14(11(15)13-10(6)12)9-3-7(22-24(18,26)19-2)8(21-9)5-20-23(16,17)25/h4,7-9H,3,5H2,1-2H3,(H,18,26)(H2,12,13,15)(H2,16,17,25)/p-2/t7-,8-,9-,24?/m1/s1. The van der Waals surface area contributed by atoms with E-state index in [1.54, 1.807) is 6.92 Å². The van der Waals surface area contributed by atoms with E-state index in [4.69, 9.17) is 32.1 Å². The van der Waals surface area contributed by atoms with Crippen LogP contribution in [0, 0.1) is 6.92 Å². The summed E-state index contributed by atoms with van der Waals surface area (Å²) < 4.78 is 33.3. The fraction of sp³-hybridized carbons (Fsp3) is 0.636. The molecule has 0 saturated carbocycles. The number of hydrogen-bond donors (Lipinski definition) is 2. The van der Waals surface area contributed by atoms with Crippen molar-refractivity contribution >= 4 is 43.4 Å². The van der Waals surface area contributed by atoms with Crippen LogP contribution < -0.4 is 16.3 Å². The van der Waals surface area contributed by atoms with Crippen molar-refractivity contribution in [3.63, 3.8) is 0 Å². The average molecular weight is 445 g/mol. The summed E-state index contributed by atoms with van der Waals surface area (Å²) in [6.07, 6.45) is -1.29. The van der Waals surface area contributed by atoms with E-state index in [1.165, 1.54) is 10.8 Å². The largest absolute Gasteiger partial charge is 0.780 e. The fourth-order valence-electron chi connectivity index (χ4n) is 2.29. The van der Waals surface area contributed by atoms with Gasteiger partial charge >= 0.3 is 5.69 Å². The Bertz CT molecular complexity index is 815. The first-order chi connectivity index (χ1) is 11.9. The minimum Gasteiger partial charge on any atom is -0.780 e. The Morgan fingerprint density at radius 3 is 2.88 bits per heavy atom. The Hall–Kier alpha value is -0.330. The van der Waals surface area contributed by atoms with Gasteiger partial charge in [-0.2, -0.15) is 4.98 Å². The lowest BCUT2D eigenvalue weighted by molar-refractivity contribution is -0.204. The first-order valence-electron chi connectivity index (χ1n) is 7.16. The SMILES string of the molecule is COP(=O)([S-])O[C@@H]1C[C@H](n2cc(C)c(N)nc2=O)O[C@@H]1COP([O-])(O)=S. The molecule has 1 saturated heterocycles. The molecule has 5 atom stereocenters. The van der Waals surface area contributed by atoms with Crippen molar-refractivity contribution in [2.45, 2.75) is 31.8 Å². The first kappa shape index (κ1) is 22.0. The van der Waals surface area contributed by atoms with E-state index in [0.717, 1.165) is 7.11 Å². The lowest BCUT2D eigenvalue weighted by Crippen LogP contribution is -2.29. The predicted molar refractivity (Wildman–Crippen MR) is 95.5 cm³/mol. The highest BCUT2D eigenvalue weighted by atomic mass is 32.7. The summed E-state index contributed by atoms with van der Waals surface area (Å²) >= 11 is 8.98. The van der Waals surface area contributed by atoms with Crippen LogP contribution in [0.15, 0.2) is 11.0 Å². The van der Waals surface area contributed by atoms with Gasteiger partial charge in [-0.25, -0.2) is 4.79 Å². The highest BCUT2D eigenvalue weighted by Crippen LogP contribution is 2.49. The zero-order valence-corrected chi connectivity index (χ0v) is 17.1. The van der Waals surface area contributed by atoms with Crippen LogP contribution in [0.5, 0.6) is 0 Å². The summed E-state index contributed by atoms with van der Waals surface area (Å²) in [5.41, 5.74) is 5.47. The summed E-state index contributed by atoms with van der Waals surface area (Å²) in [5.74, 6) is 0.0821. The molecule has 0 radical (unpaired) electrons. The fourth-order valence-corrected chi connectivity index (χ4v) is 3.78. The number of rotatable bonds is 7. The molecule has 2 heterocycles. The van der Waals surface area contributed by atoms with Crippen molar-refractivity contribution in [1.29, 1.82) is 0 Å². The third kappa shape index (κ3) is 5.83. The molecule has 0 bridgehead atoms. The molecule has 0 amide bonds. The molecule has 1 fully saturated rings. The molecule has 0 aromatic carbocycles. The summed E-state index contributed by atoms with van der Waals surface area (Å²) in [4.78, 5) is 36.0. The van der Waals surface area contributed by atoms with E-state index in [2.05, 4.69) is 25.8 Å². The number of nitrogen functional groups attached to an aromatic ring is 1. The van der Waals surface area contributed by atoms with Gasteiger partial charge < -0.3 is 46.1 Å². The number of nitrogens with zero attached hydrogens (tertiary/aromatic N) is 2. The minimum absolute atomic E-state index is 0.0378. The van der Waals surface area contributed by atoms with Gasteiger partial charge in [0.25, 0.3) is 0 Å². The van der Waals surface area contributed by atoms with Gasteiger partial charge in [-0.3, -0.25) is 9.13 Å². The van der Waals surface area contributed by atoms with Crippen molar-refractivity contribution in [3.8, 4) is 0 Å². The van der Waals surface area contributed by atoms with Crippen LogP contribution in [-0.4, -0.2) is 40.4 Å². The van der Waals surface area contributed by atoms with Crippen molar-refractivity contribution in [2.75, 3.05) is 19.5 Å². The first-order valence-corrected chi connectivity index (χ1v) is 12.3. The Morgan fingerprint density at radius 1 is 1.65 bits per heavy atom. The van der Waals surface area contributed by atoms with Gasteiger partial charge in [-0.1, -0.05) is 11.8 Å². The van der Waals surface area contributed by atoms with Crippen molar-refractivity contribution < 1.29 is 32.7 Å². The Labute approximate surface area is 159 Å².